The Balaban J connectivity index is 0.00000288. The zero-order valence-corrected chi connectivity index (χ0v) is 16.2. The Morgan fingerprint density at radius 1 is 1.38 bits per heavy atom. The monoisotopic (exact) mass is 448 g/mol. The molecular formula is C16H25IN4O3. The maximum absolute atomic E-state index is 10.9. The van der Waals surface area contributed by atoms with E-state index in [-0.39, 0.29) is 36.2 Å². The van der Waals surface area contributed by atoms with Gasteiger partial charge in [0.05, 0.1) is 18.6 Å². The molecule has 0 heterocycles. The van der Waals surface area contributed by atoms with E-state index in [0.717, 1.165) is 12.8 Å². The summed E-state index contributed by atoms with van der Waals surface area (Å²) in [7, 11) is 1.53. The van der Waals surface area contributed by atoms with E-state index < -0.39 is 4.92 Å². The van der Waals surface area contributed by atoms with Gasteiger partial charge in [-0.2, -0.15) is 0 Å². The highest BCUT2D eigenvalue weighted by molar-refractivity contribution is 14.0. The summed E-state index contributed by atoms with van der Waals surface area (Å²) in [5, 5.41) is 14.1. The Kier molecular flexibility index (Phi) is 8.80. The molecule has 1 aliphatic rings. The van der Waals surface area contributed by atoms with Gasteiger partial charge in [-0.05, 0) is 18.9 Å². The van der Waals surface area contributed by atoms with Crippen LogP contribution in [0.5, 0.6) is 5.75 Å². The van der Waals surface area contributed by atoms with Gasteiger partial charge in [-0.15, -0.1) is 24.0 Å². The SMILES string of the molecule is COc1ccc([N+](=O)[O-])cc1CN=C(N)NC1CCCCCC1.I. The highest BCUT2D eigenvalue weighted by atomic mass is 127. The first-order chi connectivity index (χ1) is 11.1. The zero-order chi connectivity index (χ0) is 16.7. The van der Waals surface area contributed by atoms with Crippen molar-refractivity contribution in [1.82, 2.24) is 5.32 Å². The number of rotatable bonds is 5. The van der Waals surface area contributed by atoms with Gasteiger partial charge in [0, 0.05) is 23.7 Å². The van der Waals surface area contributed by atoms with Crippen molar-refractivity contribution in [3.63, 3.8) is 0 Å². The number of nitro benzene ring substituents is 1. The normalized spacial score (nSPS) is 16.0. The van der Waals surface area contributed by atoms with Crippen LogP contribution in [-0.4, -0.2) is 24.0 Å². The molecule has 1 aliphatic carbocycles. The largest absolute Gasteiger partial charge is 0.496 e. The third-order valence-corrected chi connectivity index (χ3v) is 4.10. The van der Waals surface area contributed by atoms with Gasteiger partial charge >= 0.3 is 0 Å². The fourth-order valence-corrected chi connectivity index (χ4v) is 2.85. The van der Waals surface area contributed by atoms with Gasteiger partial charge in [0.2, 0.25) is 0 Å². The lowest BCUT2D eigenvalue weighted by Gasteiger charge is -2.16. The molecule has 1 fully saturated rings. The van der Waals surface area contributed by atoms with Crippen LogP contribution < -0.4 is 15.8 Å². The summed E-state index contributed by atoms with van der Waals surface area (Å²) in [5.41, 5.74) is 6.62. The van der Waals surface area contributed by atoms with Crippen LogP contribution in [0.1, 0.15) is 44.1 Å². The molecule has 1 aromatic carbocycles. The van der Waals surface area contributed by atoms with E-state index in [0.29, 0.717) is 23.3 Å². The maximum Gasteiger partial charge on any atom is 0.270 e. The molecule has 0 aliphatic heterocycles. The van der Waals surface area contributed by atoms with Crippen LogP contribution in [0.2, 0.25) is 0 Å². The number of non-ortho nitro benzene ring substituents is 1. The van der Waals surface area contributed by atoms with Crippen molar-refractivity contribution in [2.45, 2.75) is 51.1 Å². The Bertz CT molecular complexity index is 572. The molecule has 0 saturated heterocycles. The van der Waals surface area contributed by atoms with Gasteiger partial charge in [0.15, 0.2) is 5.96 Å². The lowest BCUT2D eigenvalue weighted by atomic mass is 10.1. The Morgan fingerprint density at radius 2 is 2.04 bits per heavy atom. The van der Waals surface area contributed by atoms with Crippen molar-refractivity contribution in [1.29, 1.82) is 0 Å². The molecule has 1 aromatic rings. The number of nitrogens with two attached hydrogens (primary N) is 1. The standard InChI is InChI=1S/C16H24N4O3.HI/c1-23-15-9-8-14(20(21)22)10-12(15)11-18-16(17)19-13-6-4-2-3-5-7-13;/h8-10,13H,2-7,11H2,1H3,(H3,17,18,19);1H. The summed E-state index contributed by atoms with van der Waals surface area (Å²) in [5.74, 6) is 0.951. The van der Waals surface area contributed by atoms with Crippen LogP contribution in [0, 0.1) is 10.1 Å². The summed E-state index contributed by atoms with van der Waals surface area (Å²) < 4.78 is 5.23. The second-order valence-corrected chi connectivity index (χ2v) is 5.79. The molecule has 0 amide bonds. The lowest BCUT2D eigenvalue weighted by Crippen LogP contribution is -2.39. The zero-order valence-electron chi connectivity index (χ0n) is 13.9. The minimum Gasteiger partial charge on any atom is -0.496 e. The number of nitro groups is 1. The second-order valence-electron chi connectivity index (χ2n) is 5.79. The smallest absolute Gasteiger partial charge is 0.270 e. The minimum atomic E-state index is -0.431. The van der Waals surface area contributed by atoms with Crippen LogP contribution in [0.25, 0.3) is 0 Å². The summed E-state index contributed by atoms with van der Waals surface area (Å²) in [6.07, 6.45) is 7.19. The molecule has 1 saturated carbocycles. The van der Waals surface area contributed by atoms with Gasteiger partial charge in [-0.25, -0.2) is 4.99 Å². The van der Waals surface area contributed by atoms with Crippen LogP contribution >= 0.6 is 24.0 Å². The third-order valence-electron chi connectivity index (χ3n) is 4.10. The fraction of sp³-hybridized carbons (Fsp3) is 0.562. The first-order valence-electron chi connectivity index (χ1n) is 7.98. The molecular weight excluding hydrogens is 423 g/mol. The van der Waals surface area contributed by atoms with Crippen molar-refractivity contribution in [2.75, 3.05) is 7.11 Å². The van der Waals surface area contributed by atoms with Crippen molar-refractivity contribution >= 4 is 35.6 Å². The Hall–Kier alpha value is -1.58. The number of halogens is 1. The van der Waals surface area contributed by atoms with E-state index in [1.165, 1.54) is 44.9 Å². The number of nitrogens with zero attached hydrogens (tertiary/aromatic N) is 2. The summed E-state index contributed by atoms with van der Waals surface area (Å²) in [6, 6.07) is 4.84. The van der Waals surface area contributed by atoms with Crippen LogP contribution in [0.4, 0.5) is 5.69 Å². The molecule has 0 radical (unpaired) electrons. The topological polar surface area (TPSA) is 103 Å². The number of hydrogen-bond donors (Lipinski definition) is 2. The molecule has 0 atom stereocenters. The number of guanidine groups is 1. The molecule has 134 valence electrons. The average molecular weight is 448 g/mol. The minimum absolute atomic E-state index is 0. The number of hydrogen-bond acceptors (Lipinski definition) is 4. The lowest BCUT2D eigenvalue weighted by molar-refractivity contribution is -0.384. The number of ether oxygens (including phenoxy) is 1. The highest BCUT2D eigenvalue weighted by Crippen LogP contribution is 2.24. The maximum atomic E-state index is 10.9. The van der Waals surface area contributed by atoms with E-state index in [1.54, 1.807) is 6.07 Å². The molecule has 7 nitrogen and oxygen atoms in total. The highest BCUT2D eigenvalue weighted by Gasteiger charge is 2.13. The fourth-order valence-electron chi connectivity index (χ4n) is 2.85. The number of benzene rings is 1. The van der Waals surface area contributed by atoms with Gasteiger partial charge in [-0.3, -0.25) is 10.1 Å². The molecule has 24 heavy (non-hydrogen) atoms. The van der Waals surface area contributed by atoms with E-state index in [2.05, 4.69) is 10.3 Å². The Morgan fingerprint density at radius 3 is 2.62 bits per heavy atom. The molecule has 0 unspecified atom stereocenters. The summed E-state index contributed by atoms with van der Waals surface area (Å²) in [6.45, 7) is 0.246. The van der Waals surface area contributed by atoms with E-state index in [4.69, 9.17) is 10.5 Å². The van der Waals surface area contributed by atoms with E-state index >= 15 is 0 Å². The Labute approximate surface area is 159 Å². The summed E-state index contributed by atoms with van der Waals surface area (Å²) >= 11 is 0. The van der Waals surface area contributed by atoms with Gasteiger partial charge in [-0.1, -0.05) is 25.7 Å². The van der Waals surface area contributed by atoms with Crippen molar-refractivity contribution < 1.29 is 9.66 Å². The van der Waals surface area contributed by atoms with Crippen molar-refractivity contribution in [2.24, 2.45) is 10.7 Å². The van der Waals surface area contributed by atoms with E-state index in [1.807, 2.05) is 0 Å². The van der Waals surface area contributed by atoms with Crippen LogP contribution in [-0.2, 0) is 6.54 Å². The molecule has 0 bridgehead atoms. The molecule has 2 rings (SSSR count). The quantitative estimate of drug-likeness (QED) is 0.180. The predicted molar refractivity (Wildman–Crippen MR) is 105 cm³/mol. The van der Waals surface area contributed by atoms with E-state index in [9.17, 15) is 10.1 Å². The van der Waals surface area contributed by atoms with Gasteiger partial charge in [0.1, 0.15) is 5.75 Å². The molecule has 0 spiro atoms. The molecule has 0 aromatic heterocycles. The first kappa shape index (κ1) is 20.5. The predicted octanol–water partition coefficient (Wildman–Crippen LogP) is 3.35. The number of aliphatic imine (C=N–C) groups is 1. The third kappa shape index (κ3) is 6.14. The van der Waals surface area contributed by atoms with Gasteiger partial charge < -0.3 is 15.8 Å². The van der Waals surface area contributed by atoms with Crippen LogP contribution in [0.3, 0.4) is 0 Å². The first-order valence-corrected chi connectivity index (χ1v) is 7.98. The summed E-state index contributed by atoms with van der Waals surface area (Å²) in [4.78, 5) is 14.8. The van der Waals surface area contributed by atoms with Crippen molar-refractivity contribution in [3.8, 4) is 5.75 Å². The van der Waals surface area contributed by atoms with Crippen molar-refractivity contribution in [3.05, 3.63) is 33.9 Å². The molecule has 3 N–H and O–H groups in total. The number of methoxy groups -OCH3 is 1. The van der Waals surface area contributed by atoms with Crippen LogP contribution in [0.15, 0.2) is 23.2 Å². The molecule has 8 heteroatoms. The number of nitrogens with one attached hydrogen (secondary N) is 1. The second kappa shape index (κ2) is 10.3. The average Bonchev–Trinajstić information content (AvgIpc) is 2.81. The van der Waals surface area contributed by atoms with Gasteiger partial charge in [0.25, 0.3) is 5.69 Å².